The fourth-order valence-corrected chi connectivity index (χ4v) is 3.66. The summed E-state index contributed by atoms with van der Waals surface area (Å²) in [5.41, 5.74) is 1.62. The van der Waals surface area contributed by atoms with Crippen molar-refractivity contribution in [2.75, 3.05) is 0 Å². The lowest BCUT2D eigenvalue weighted by molar-refractivity contribution is -0.384. The maximum Gasteiger partial charge on any atom is 0.274 e. The van der Waals surface area contributed by atoms with Gasteiger partial charge in [-0.3, -0.25) is 14.9 Å². The van der Waals surface area contributed by atoms with Crippen molar-refractivity contribution in [3.8, 4) is 0 Å². The number of imidazole rings is 1. The van der Waals surface area contributed by atoms with Crippen molar-refractivity contribution in [1.82, 2.24) is 9.38 Å². The highest BCUT2D eigenvalue weighted by Crippen LogP contribution is 2.23. The summed E-state index contributed by atoms with van der Waals surface area (Å²) in [6.07, 6.45) is 1.56. The van der Waals surface area contributed by atoms with Crippen molar-refractivity contribution in [2.45, 2.75) is 0 Å². The van der Waals surface area contributed by atoms with Crippen molar-refractivity contribution in [3.63, 3.8) is 0 Å². The van der Waals surface area contributed by atoms with Crippen molar-refractivity contribution in [2.24, 2.45) is 0 Å². The second-order valence-electron chi connectivity index (χ2n) is 5.10. The zero-order chi connectivity index (χ0) is 16.8. The average molecular weight is 358 g/mol. The predicted octanol–water partition coefficient (Wildman–Crippen LogP) is 3.02. The van der Waals surface area contributed by atoms with Gasteiger partial charge in [0.2, 0.25) is 0 Å². The molecule has 4 rings (SSSR count). The molecule has 0 N–H and O–H groups in total. The fourth-order valence-electron chi connectivity index (χ4n) is 2.51. The number of benzene rings is 2. The maximum absolute atomic E-state index is 12.7. The lowest BCUT2D eigenvalue weighted by Crippen LogP contribution is -2.22. The van der Waals surface area contributed by atoms with Gasteiger partial charge in [0.15, 0.2) is 4.96 Å². The van der Waals surface area contributed by atoms with Gasteiger partial charge in [-0.15, -0.1) is 0 Å². The molecule has 0 atom stereocenters. The van der Waals surface area contributed by atoms with Gasteiger partial charge in [0, 0.05) is 22.7 Å². The molecular formula is C16H8ClN3O3S. The van der Waals surface area contributed by atoms with E-state index in [-0.39, 0.29) is 11.2 Å². The molecule has 0 radical (unpaired) electrons. The highest BCUT2D eigenvalue weighted by molar-refractivity contribution is 7.15. The molecule has 0 fully saturated rings. The van der Waals surface area contributed by atoms with Gasteiger partial charge in [0.1, 0.15) is 0 Å². The van der Waals surface area contributed by atoms with Crippen LogP contribution >= 0.6 is 22.9 Å². The number of nitrogens with zero attached hydrogens (tertiary/aromatic N) is 3. The third kappa shape index (κ3) is 2.26. The highest BCUT2D eigenvalue weighted by atomic mass is 35.5. The Morgan fingerprint density at radius 1 is 1.25 bits per heavy atom. The summed E-state index contributed by atoms with van der Waals surface area (Å²) in [4.78, 5) is 28.1. The molecule has 0 aliphatic rings. The molecule has 2 aromatic carbocycles. The quantitative estimate of drug-likeness (QED) is 0.408. The second-order valence-corrected chi connectivity index (χ2v) is 6.51. The van der Waals surface area contributed by atoms with Gasteiger partial charge in [0.05, 0.1) is 20.5 Å². The molecule has 0 bridgehead atoms. The molecule has 4 aromatic rings. The Hall–Kier alpha value is -2.77. The first-order valence-corrected chi connectivity index (χ1v) is 8.10. The zero-order valence-electron chi connectivity index (χ0n) is 12.0. The van der Waals surface area contributed by atoms with E-state index in [2.05, 4.69) is 4.98 Å². The van der Waals surface area contributed by atoms with Gasteiger partial charge < -0.3 is 0 Å². The number of aromatic nitrogens is 2. The van der Waals surface area contributed by atoms with Crippen molar-refractivity contribution in [3.05, 3.63) is 78.1 Å². The average Bonchev–Trinajstić information content (AvgIpc) is 3.06. The standard InChI is InChI=1S/C16H8ClN3O3S/c17-11-6-5-10(20(22)23)7-9(11)8-14-15(21)19-13-4-2-1-3-12(13)18-16(19)24-14/h1-8H/b14-8-. The summed E-state index contributed by atoms with van der Waals surface area (Å²) in [7, 11) is 0. The van der Waals surface area contributed by atoms with E-state index < -0.39 is 4.92 Å². The first-order chi connectivity index (χ1) is 11.5. The maximum atomic E-state index is 12.7. The fraction of sp³-hybridized carbons (Fsp3) is 0. The molecule has 8 heteroatoms. The van der Waals surface area contributed by atoms with Gasteiger partial charge in [-0.25, -0.2) is 9.38 Å². The topological polar surface area (TPSA) is 77.5 Å². The third-order valence-corrected chi connectivity index (χ3v) is 4.94. The molecule has 0 saturated carbocycles. The minimum Gasteiger partial charge on any atom is -0.267 e. The normalized spacial score (nSPS) is 12.3. The molecule has 0 aliphatic carbocycles. The molecule has 24 heavy (non-hydrogen) atoms. The van der Waals surface area contributed by atoms with E-state index in [4.69, 9.17) is 11.6 Å². The lowest BCUT2D eigenvalue weighted by Gasteiger charge is -1.97. The number of nitro groups is 1. The van der Waals surface area contributed by atoms with E-state index in [1.807, 2.05) is 24.3 Å². The van der Waals surface area contributed by atoms with Crippen LogP contribution in [0.2, 0.25) is 5.02 Å². The summed E-state index contributed by atoms with van der Waals surface area (Å²) in [6.45, 7) is 0. The largest absolute Gasteiger partial charge is 0.274 e. The third-order valence-electron chi connectivity index (χ3n) is 3.62. The molecule has 118 valence electrons. The van der Waals surface area contributed by atoms with Gasteiger partial charge in [-0.05, 0) is 24.3 Å². The van der Waals surface area contributed by atoms with Gasteiger partial charge in [0.25, 0.3) is 11.2 Å². The summed E-state index contributed by atoms with van der Waals surface area (Å²) in [5.74, 6) is 0. The van der Waals surface area contributed by atoms with Crippen molar-refractivity contribution < 1.29 is 4.92 Å². The van der Waals surface area contributed by atoms with E-state index >= 15 is 0 Å². The number of hydrogen-bond acceptors (Lipinski definition) is 5. The Morgan fingerprint density at radius 3 is 2.83 bits per heavy atom. The molecule has 2 aromatic heterocycles. The number of para-hydroxylation sites is 2. The van der Waals surface area contributed by atoms with Crippen LogP contribution in [0.1, 0.15) is 5.56 Å². The summed E-state index contributed by atoms with van der Waals surface area (Å²) < 4.78 is 1.96. The smallest absolute Gasteiger partial charge is 0.267 e. The van der Waals surface area contributed by atoms with Crippen molar-refractivity contribution in [1.29, 1.82) is 0 Å². The van der Waals surface area contributed by atoms with Gasteiger partial charge >= 0.3 is 0 Å². The first kappa shape index (κ1) is 14.8. The van der Waals surface area contributed by atoms with Gasteiger partial charge in [-0.1, -0.05) is 35.1 Å². The molecule has 0 amide bonds. The molecule has 2 heterocycles. The number of halogens is 1. The molecule has 0 aliphatic heterocycles. The SMILES string of the molecule is O=c1/c(=C/c2cc([N+](=O)[O-])ccc2Cl)sc2nc3ccccc3n12. The molecule has 0 saturated heterocycles. The van der Waals surface area contributed by atoms with E-state index in [0.29, 0.717) is 20.1 Å². The zero-order valence-corrected chi connectivity index (χ0v) is 13.5. The van der Waals surface area contributed by atoms with E-state index in [0.717, 1.165) is 11.0 Å². The summed E-state index contributed by atoms with van der Waals surface area (Å²) in [6, 6.07) is 11.5. The number of non-ortho nitro benzene ring substituents is 1. The molecule has 6 nitrogen and oxygen atoms in total. The van der Waals surface area contributed by atoms with Crippen LogP contribution in [0, 0.1) is 10.1 Å². The van der Waals surface area contributed by atoms with Crippen LogP contribution in [0.5, 0.6) is 0 Å². The first-order valence-electron chi connectivity index (χ1n) is 6.90. The lowest BCUT2D eigenvalue weighted by atomic mass is 10.2. The van der Waals surface area contributed by atoms with Crippen LogP contribution < -0.4 is 10.1 Å². The molecular weight excluding hydrogens is 350 g/mol. The Kier molecular flexibility index (Phi) is 3.33. The predicted molar refractivity (Wildman–Crippen MR) is 93.7 cm³/mol. The number of rotatable bonds is 2. The number of nitro benzene ring substituents is 1. The van der Waals surface area contributed by atoms with Crippen LogP contribution in [0.25, 0.3) is 22.1 Å². The minimum absolute atomic E-state index is 0.0788. The monoisotopic (exact) mass is 357 g/mol. The van der Waals surface area contributed by atoms with Crippen LogP contribution in [0.4, 0.5) is 5.69 Å². The van der Waals surface area contributed by atoms with E-state index in [1.165, 1.54) is 33.9 Å². The summed E-state index contributed by atoms with van der Waals surface area (Å²) >= 11 is 7.32. The van der Waals surface area contributed by atoms with Crippen LogP contribution in [-0.2, 0) is 0 Å². The second kappa shape index (κ2) is 5.40. The number of fused-ring (bicyclic) bond motifs is 3. The Balaban J connectivity index is 1.99. The number of hydrogen-bond donors (Lipinski definition) is 0. The minimum atomic E-state index is -0.499. The van der Waals surface area contributed by atoms with Crippen LogP contribution in [0.15, 0.2) is 47.3 Å². The Labute approximate surface area is 143 Å². The molecule has 0 unspecified atom stereocenters. The van der Waals surface area contributed by atoms with Crippen LogP contribution in [-0.4, -0.2) is 14.3 Å². The highest BCUT2D eigenvalue weighted by Gasteiger charge is 2.12. The molecule has 0 spiro atoms. The van der Waals surface area contributed by atoms with Gasteiger partial charge in [-0.2, -0.15) is 0 Å². The van der Waals surface area contributed by atoms with Crippen molar-refractivity contribution >= 4 is 50.7 Å². The van der Waals surface area contributed by atoms with E-state index in [9.17, 15) is 14.9 Å². The summed E-state index contributed by atoms with van der Waals surface area (Å²) in [5, 5.41) is 11.2. The number of thiazole rings is 1. The van der Waals surface area contributed by atoms with E-state index in [1.54, 1.807) is 6.08 Å². The van der Waals surface area contributed by atoms with Crippen LogP contribution in [0.3, 0.4) is 0 Å². The Bertz CT molecular complexity index is 1230. The Morgan fingerprint density at radius 2 is 2.04 bits per heavy atom.